The zero-order valence-electron chi connectivity index (χ0n) is 11.5. The first-order valence-corrected chi connectivity index (χ1v) is 7.67. The van der Waals surface area contributed by atoms with E-state index in [9.17, 15) is 4.39 Å². The van der Waals surface area contributed by atoms with Gasteiger partial charge in [-0.15, -0.1) is 0 Å². The van der Waals surface area contributed by atoms with E-state index in [1.165, 1.54) is 44.2 Å². The summed E-state index contributed by atoms with van der Waals surface area (Å²) < 4.78 is 13.3. The molecule has 3 atom stereocenters. The molecular formula is C16H23ClFN. The number of nitrogens with two attached hydrogens (primary N) is 1. The molecule has 0 amide bonds. The minimum Gasteiger partial charge on any atom is -0.327 e. The largest absolute Gasteiger partial charge is 0.327 e. The molecule has 3 heteroatoms. The average Bonchev–Trinajstić information content (AvgIpc) is 2.43. The maximum Gasteiger partial charge on any atom is 0.123 e. The molecule has 1 aliphatic rings. The van der Waals surface area contributed by atoms with Crippen LogP contribution in [0.4, 0.5) is 4.39 Å². The van der Waals surface area contributed by atoms with Crippen molar-refractivity contribution in [1.82, 2.24) is 0 Å². The zero-order valence-corrected chi connectivity index (χ0v) is 12.3. The molecule has 1 aliphatic carbocycles. The molecule has 0 saturated heterocycles. The van der Waals surface area contributed by atoms with Gasteiger partial charge in [-0.3, -0.25) is 0 Å². The summed E-state index contributed by atoms with van der Waals surface area (Å²) in [5.41, 5.74) is 7.18. The molecule has 0 radical (unpaired) electrons. The van der Waals surface area contributed by atoms with Crippen LogP contribution in [0.5, 0.6) is 0 Å². The van der Waals surface area contributed by atoms with Crippen LogP contribution in [-0.4, -0.2) is 6.04 Å². The Morgan fingerprint density at radius 2 is 2.21 bits per heavy atom. The van der Waals surface area contributed by atoms with E-state index < -0.39 is 0 Å². The first kappa shape index (κ1) is 14.8. The molecule has 2 N–H and O–H groups in total. The lowest BCUT2D eigenvalue weighted by Crippen LogP contribution is -2.35. The predicted molar refractivity (Wildman–Crippen MR) is 78.8 cm³/mol. The maximum absolute atomic E-state index is 13.3. The highest BCUT2D eigenvalue weighted by Gasteiger charge is 2.26. The molecule has 1 nitrogen and oxygen atoms in total. The van der Waals surface area contributed by atoms with Crippen molar-refractivity contribution in [2.24, 2.45) is 17.6 Å². The first-order chi connectivity index (χ1) is 9.10. The van der Waals surface area contributed by atoms with Gasteiger partial charge in [-0.25, -0.2) is 4.39 Å². The van der Waals surface area contributed by atoms with E-state index in [4.69, 9.17) is 17.3 Å². The fourth-order valence-corrected chi connectivity index (χ4v) is 3.41. The summed E-state index contributed by atoms with van der Waals surface area (Å²) in [7, 11) is 0. The number of benzene rings is 1. The molecule has 106 valence electrons. The van der Waals surface area contributed by atoms with E-state index in [0.717, 1.165) is 11.5 Å². The molecule has 2 rings (SSSR count). The van der Waals surface area contributed by atoms with Crippen molar-refractivity contribution in [2.45, 2.75) is 51.5 Å². The minimum absolute atomic E-state index is 0.0913. The molecule has 3 unspecified atom stereocenters. The fraction of sp³-hybridized carbons (Fsp3) is 0.625. The van der Waals surface area contributed by atoms with Crippen LogP contribution in [0.1, 0.15) is 44.6 Å². The van der Waals surface area contributed by atoms with Gasteiger partial charge in [0, 0.05) is 11.1 Å². The SMILES string of the molecule is CCC1CCCC(C(N)Cc2cc(F)ccc2Cl)C1. The molecule has 0 aromatic heterocycles. The van der Waals surface area contributed by atoms with Crippen LogP contribution < -0.4 is 5.73 Å². The summed E-state index contributed by atoms with van der Waals surface area (Å²) in [6.07, 6.45) is 6.94. The van der Waals surface area contributed by atoms with Crippen molar-refractivity contribution in [3.8, 4) is 0 Å². The Morgan fingerprint density at radius 3 is 2.95 bits per heavy atom. The minimum atomic E-state index is -0.235. The van der Waals surface area contributed by atoms with Crippen LogP contribution in [0.2, 0.25) is 5.02 Å². The molecule has 1 saturated carbocycles. The number of hydrogen-bond acceptors (Lipinski definition) is 1. The van der Waals surface area contributed by atoms with Crippen molar-refractivity contribution >= 4 is 11.6 Å². The molecule has 0 aliphatic heterocycles. The lowest BCUT2D eigenvalue weighted by Gasteiger charge is -2.32. The quantitative estimate of drug-likeness (QED) is 0.861. The van der Waals surface area contributed by atoms with Crippen LogP contribution in [0.25, 0.3) is 0 Å². The van der Waals surface area contributed by atoms with Gasteiger partial charge in [0.05, 0.1) is 0 Å². The maximum atomic E-state index is 13.3. The van der Waals surface area contributed by atoms with Gasteiger partial charge in [-0.1, -0.05) is 37.8 Å². The Hall–Kier alpha value is -0.600. The first-order valence-electron chi connectivity index (χ1n) is 7.29. The van der Waals surface area contributed by atoms with Gasteiger partial charge >= 0.3 is 0 Å². The van der Waals surface area contributed by atoms with Crippen molar-refractivity contribution in [3.63, 3.8) is 0 Å². The third-order valence-electron chi connectivity index (χ3n) is 4.47. The van der Waals surface area contributed by atoms with Gasteiger partial charge in [-0.05, 0) is 54.9 Å². The van der Waals surface area contributed by atoms with Crippen molar-refractivity contribution < 1.29 is 4.39 Å². The van der Waals surface area contributed by atoms with E-state index in [1.807, 2.05) is 0 Å². The molecule has 0 bridgehead atoms. The number of rotatable bonds is 4. The molecule has 1 aromatic rings. The molecule has 19 heavy (non-hydrogen) atoms. The number of halogens is 2. The Bertz CT molecular complexity index is 421. The molecule has 0 spiro atoms. The van der Waals surface area contributed by atoms with Crippen molar-refractivity contribution in [3.05, 3.63) is 34.6 Å². The highest BCUT2D eigenvalue weighted by molar-refractivity contribution is 6.31. The van der Waals surface area contributed by atoms with E-state index in [0.29, 0.717) is 17.4 Å². The highest BCUT2D eigenvalue weighted by atomic mass is 35.5. The Kier molecular flexibility index (Phi) is 5.23. The highest BCUT2D eigenvalue weighted by Crippen LogP contribution is 2.33. The average molecular weight is 284 g/mol. The van der Waals surface area contributed by atoms with Gasteiger partial charge in [0.2, 0.25) is 0 Å². The monoisotopic (exact) mass is 283 g/mol. The van der Waals surface area contributed by atoms with Crippen LogP contribution in [0.15, 0.2) is 18.2 Å². The van der Waals surface area contributed by atoms with Crippen molar-refractivity contribution in [1.29, 1.82) is 0 Å². The second-order valence-electron chi connectivity index (χ2n) is 5.80. The molecule has 1 fully saturated rings. The van der Waals surface area contributed by atoms with Crippen LogP contribution in [0.3, 0.4) is 0 Å². The van der Waals surface area contributed by atoms with Crippen LogP contribution in [0, 0.1) is 17.7 Å². The number of hydrogen-bond donors (Lipinski definition) is 1. The van der Waals surface area contributed by atoms with E-state index in [-0.39, 0.29) is 11.9 Å². The molecule has 1 aromatic carbocycles. The molecule has 0 heterocycles. The fourth-order valence-electron chi connectivity index (χ4n) is 3.21. The van der Waals surface area contributed by atoms with Crippen LogP contribution >= 0.6 is 11.6 Å². The smallest absolute Gasteiger partial charge is 0.123 e. The van der Waals surface area contributed by atoms with Gasteiger partial charge in [0.1, 0.15) is 5.82 Å². The summed E-state index contributed by atoms with van der Waals surface area (Å²) >= 11 is 6.11. The zero-order chi connectivity index (χ0) is 13.8. The van der Waals surface area contributed by atoms with Gasteiger partial charge in [0.25, 0.3) is 0 Å². The summed E-state index contributed by atoms with van der Waals surface area (Å²) in [5, 5.41) is 0.625. The van der Waals surface area contributed by atoms with Gasteiger partial charge in [-0.2, -0.15) is 0 Å². The lowest BCUT2D eigenvalue weighted by molar-refractivity contribution is 0.228. The summed E-state index contributed by atoms with van der Waals surface area (Å²) in [4.78, 5) is 0. The summed E-state index contributed by atoms with van der Waals surface area (Å²) in [6, 6.07) is 4.62. The Labute approximate surface area is 120 Å². The third-order valence-corrected chi connectivity index (χ3v) is 4.84. The summed E-state index contributed by atoms with van der Waals surface area (Å²) in [5.74, 6) is 1.13. The Morgan fingerprint density at radius 1 is 1.42 bits per heavy atom. The van der Waals surface area contributed by atoms with E-state index >= 15 is 0 Å². The normalized spacial score (nSPS) is 25.3. The van der Waals surface area contributed by atoms with E-state index in [2.05, 4.69) is 6.92 Å². The second-order valence-corrected chi connectivity index (χ2v) is 6.21. The standard InChI is InChI=1S/C16H23ClFN/c1-2-11-4-3-5-12(8-11)16(19)10-13-9-14(18)6-7-15(13)17/h6-7,9,11-12,16H,2-5,8,10,19H2,1H3. The van der Waals surface area contributed by atoms with E-state index in [1.54, 1.807) is 6.07 Å². The Balaban J connectivity index is 2.00. The molecular weight excluding hydrogens is 261 g/mol. The second kappa shape index (κ2) is 6.71. The lowest BCUT2D eigenvalue weighted by atomic mass is 9.76. The topological polar surface area (TPSA) is 26.0 Å². The van der Waals surface area contributed by atoms with Crippen molar-refractivity contribution in [2.75, 3.05) is 0 Å². The predicted octanol–water partition coefficient (Wildman–Crippen LogP) is 4.57. The third kappa shape index (κ3) is 3.93. The van der Waals surface area contributed by atoms with Crippen LogP contribution in [-0.2, 0) is 6.42 Å². The van der Waals surface area contributed by atoms with Gasteiger partial charge < -0.3 is 5.73 Å². The summed E-state index contributed by atoms with van der Waals surface area (Å²) in [6.45, 7) is 2.25. The van der Waals surface area contributed by atoms with Gasteiger partial charge in [0.15, 0.2) is 0 Å².